The highest BCUT2D eigenvalue weighted by atomic mass is 79.9. The number of carbonyl (C=O) groups excluding carboxylic acids is 1. The van der Waals surface area contributed by atoms with Crippen molar-refractivity contribution in [1.29, 1.82) is 5.26 Å². The summed E-state index contributed by atoms with van der Waals surface area (Å²) in [5, 5.41) is 9.16. The van der Waals surface area contributed by atoms with Crippen LogP contribution in [-0.4, -0.2) is 22.1 Å². The lowest BCUT2D eigenvalue weighted by molar-refractivity contribution is 0.0521. The van der Waals surface area contributed by atoms with Crippen molar-refractivity contribution in [3.63, 3.8) is 0 Å². The number of imidazole rings is 1. The summed E-state index contributed by atoms with van der Waals surface area (Å²) in [6.45, 7) is 1.94. The monoisotopic (exact) mass is 334 g/mol. The molecular weight excluding hydrogens is 324 g/mol. The summed E-state index contributed by atoms with van der Waals surface area (Å²) >= 11 is 3.30. The van der Waals surface area contributed by atoms with Crippen molar-refractivity contribution in [3.05, 3.63) is 40.3 Å². The topological polar surface area (TPSA) is 93.9 Å². The minimum atomic E-state index is -0.584. The molecule has 2 aromatic rings. The molecule has 20 heavy (non-hydrogen) atoms. The van der Waals surface area contributed by atoms with E-state index >= 15 is 0 Å². The third-order valence-corrected chi connectivity index (χ3v) is 3.11. The Morgan fingerprint density at radius 1 is 1.60 bits per heavy atom. The zero-order chi connectivity index (χ0) is 14.7. The van der Waals surface area contributed by atoms with Crippen molar-refractivity contribution in [3.8, 4) is 11.8 Å². The van der Waals surface area contributed by atoms with Gasteiger partial charge in [0.05, 0.1) is 17.9 Å². The van der Waals surface area contributed by atoms with Crippen LogP contribution in [0.1, 0.15) is 23.0 Å². The quantitative estimate of drug-likeness (QED) is 0.869. The third-order valence-electron chi connectivity index (χ3n) is 2.61. The molecule has 0 aliphatic heterocycles. The van der Waals surface area contributed by atoms with Crippen LogP contribution in [0.15, 0.2) is 29.0 Å². The van der Waals surface area contributed by atoms with E-state index in [0.717, 1.165) is 4.47 Å². The van der Waals surface area contributed by atoms with Crippen molar-refractivity contribution >= 4 is 27.7 Å². The average Bonchev–Trinajstić information content (AvgIpc) is 2.80. The predicted molar refractivity (Wildman–Crippen MR) is 76.3 cm³/mol. The molecule has 0 saturated heterocycles. The van der Waals surface area contributed by atoms with Crippen molar-refractivity contribution in [1.82, 2.24) is 9.55 Å². The SMILES string of the molecule is CCOC(=O)c1ncn(-c2ccc(Br)cc2C#N)c1N. The number of ether oxygens (including phenoxy) is 1. The molecule has 0 radical (unpaired) electrons. The van der Waals surface area contributed by atoms with E-state index in [2.05, 4.69) is 27.0 Å². The highest BCUT2D eigenvalue weighted by Gasteiger charge is 2.18. The van der Waals surface area contributed by atoms with Gasteiger partial charge in [-0.2, -0.15) is 5.26 Å². The van der Waals surface area contributed by atoms with E-state index in [1.807, 2.05) is 0 Å². The highest BCUT2D eigenvalue weighted by molar-refractivity contribution is 9.10. The number of esters is 1. The summed E-state index contributed by atoms with van der Waals surface area (Å²) < 4.78 is 7.13. The maximum absolute atomic E-state index is 11.7. The molecule has 1 heterocycles. The zero-order valence-corrected chi connectivity index (χ0v) is 12.2. The number of carbonyl (C=O) groups is 1. The number of aromatic nitrogens is 2. The fourth-order valence-corrected chi connectivity index (χ4v) is 2.08. The van der Waals surface area contributed by atoms with Crippen LogP contribution >= 0.6 is 15.9 Å². The van der Waals surface area contributed by atoms with Crippen LogP contribution in [0.5, 0.6) is 0 Å². The smallest absolute Gasteiger partial charge is 0.360 e. The number of halogens is 1. The first-order valence-corrected chi connectivity index (χ1v) is 6.57. The molecule has 2 rings (SSSR count). The molecule has 0 saturated carbocycles. The third kappa shape index (κ3) is 2.51. The van der Waals surface area contributed by atoms with Crippen molar-refractivity contribution in [2.24, 2.45) is 0 Å². The fraction of sp³-hybridized carbons (Fsp3) is 0.154. The summed E-state index contributed by atoms with van der Waals surface area (Å²) in [4.78, 5) is 15.6. The summed E-state index contributed by atoms with van der Waals surface area (Å²) in [5.74, 6) is -0.443. The van der Waals surface area contributed by atoms with Crippen molar-refractivity contribution in [2.45, 2.75) is 6.92 Å². The minimum absolute atomic E-state index is 0.0404. The number of nitrogen functional groups attached to an aromatic ring is 1. The van der Waals surface area contributed by atoms with Gasteiger partial charge < -0.3 is 10.5 Å². The van der Waals surface area contributed by atoms with Crippen molar-refractivity contribution in [2.75, 3.05) is 12.3 Å². The molecule has 0 amide bonds. The Labute approximate surface area is 123 Å². The van der Waals surface area contributed by atoms with Crippen LogP contribution in [0.4, 0.5) is 5.82 Å². The second-order valence-electron chi connectivity index (χ2n) is 3.84. The number of rotatable bonds is 3. The Morgan fingerprint density at radius 3 is 3.00 bits per heavy atom. The van der Waals surface area contributed by atoms with Gasteiger partial charge in [-0.15, -0.1) is 0 Å². The Kier molecular flexibility index (Phi) is 4.05. The van der Waals surface area contributed by atoms with E-state index in [9.17, 15) is 4.79 Å². The van der Waals surface area contributed by atoms with E-state index in [-0.39, 0.29) is 18.1 Å². The minimum Gasteiger partial charge on any atom is -0.461 e. The lowest BCUT2D eigenvalue weighted by atomic mass is 10.2. The molecular formula is C13H11BrN4O2. The van der Waals surface area contributed by atoms with Gasteiger partial charge in [0.15, 0.2) is 5.69 Å². The normalized spacial score (nSPS) is 10.1. The van der Waals surface area contributed by atoms with Gasteiger partial charge in [0.2, 0.25) is 0 Å². The Morgan fingerprint density at radius 2 is 2.35 bits per heavy atom. The van der Waals surface area contributed by atoms with Gasteiger partial charge in [-0.3, -0.25) is 4.57 Å². The Hall–Kier alpha value is -2.33. The number of nitriles is 1. The molecule has 0 bridgehead atoms. The van der Waals surface area contributed by atoms with Gasteiger partial charge in [-0.05, 0) is 25.1 Å². The predicted octanol–water partition coefficient (Wildman–Crippen LogP) is 2.27. The highest BCUT2D eigenvalue weighted by Crippen LogP contribution is 2.23. The lowest BCUT2D eigenvalue weighted by Gasteiger charge is -2.08. The molecule has 0 aliphatic carbocycles. The fourth-order valence-electron chi connectivity index (χ4n) is 1.71. The molecule has 1 aromatic carbocycles. The van der Waals surface area contributed by atoms with E-state index in [1.54, 1.807) is 25.1 Å². The Bertz CT molecular complexity index is 703. The van der Waals surface area contributed by atoms with Crippen LogP contribution in [0.2, 0.25) is 0 Å². The molecule has 0 spiro atoms. The van der Waals surface area contributed by atoms with E-state index in [4.69, 9.17) is 15.7 Å². The lowest BCUT2D eigenvalue weighted by Crippen LogP contribution is -2.09. The first-order chi connectivity index (χ1) is 9.58. The second kappa shape index (κ2) is 5.75. The van der Waals surface area contributed by atoms with E-state index < -0.39 is 5.97 Å². The molecule has 1 aromatic heterocycles. The second-order valence-corrected chi connectivity index (χ2v) is 4.76. The van der Waals surface area contributed by atoms with Crippen LogP contribution in [0, 0.1) is 11.3 Å². The molecule has 102 valence electrons. The first-order valence-electron chi connectivity index (χ1n) is 5.78. The molecule has 7 heteroatoms. The number of nitrogens with zero attached hydrogens (tertiary/aromatic N) is 3. The zero-order valence-electron chi connectivity index (χ0n) is 10.6. The largest absolute Gasteiger partial charge is 0.461 e. The molecule has 2 N–H and O–H groups in total. The summed E-state index contributed by atoms with van der Waals surface area (Å²) in [6.07, 6.45) is 1.39. The van der Waals surface area contributed by atoms with E-state index in [1.165, 1.54) is 10.9 Å². The van der Waals surface area contributed by atoms with Crippen LogP contribution in [-0.2, 0) is 4.74 Å². The maximum Gasteiger partial charge on any atom is 0.360 e. The standard InChI is InChI=1S/C13H11BrN4O2/c1-2-20-13(19)11-12(16)18(7-17-11)10-4-3-9(14)5-8(10)6-15/h3-5,7H,2,16H2,1H3. The van der Waals surface area contributed by atoms with Gasteiger partial charge in [0.1, 0.15) is 18.2 Å². The van der Waals surface area contributed by atoms with Gasteiger partial charge in [-0.1, -0.05) is 15.9 Å². The Balaban J connectivity index is 2.50. The van der Waals surface area contributed by atoms with Crippen molar-refractivity contribution < 1.29 is 9.53 Å². The number of hydrogen-bond donors (Lipinski definition) is 1. The van der Waals surface area contributed by atoms with Crippen LogP contribution < -0.4 is 5.73 Å². The van der Waals surface area contributed by atoms with E-state index in [0.29, 0.717) is 11.3 Å². The van der Waals surface area contributed by atoms with Gasteiger partial charge in [-0.25, -0.2) is 9.78 Å². The molecule has 0 unspecified atom stereocenters. The summed E-state index contributed by atoms with van der Waals surface area (Å²) in [5.41, 5.74) is 6.91. The van der Waals surface area contributed by atoms with Gasteiger partial charge in [0, 0.05) is 4.47 Å². The molecule has 6 nitrogen and oxygen atoms in total. The van der Waals surface area contributed by atoms with Crippen LogP contribution in [0.3, 0.4) is 0 Å². The molecule has 0 fully saturated rings. The van der Waals surface area contributed by atoms with Gasteiger partial charge in [0.25, 0.3) is 0 Å². The molecule has 0 aliphatic rings. The first kappa shape index (κ1) is 14.1. The average molecular weight is 335 g/mol. The number of benzene rings is 1. The summed E-state index contributed by atoms with van der Waals surface area (Å²) in [6, 6.07) is 7.24. The van der Waals surface area contributed by atoms with Gasteiger partial charge >= 0.3 is 5.97 Å². The maximum atomic E-state index is 11.7. The number of hydrogen-bond acceptors (Lipinski definition) is 5. The van der Waals surface area contributed by atoms with Crippen LogP contribution in [0.25, 0.3) is 5.69 Å². The molecule has 0 atom stereocenters. The number of nitrogens with two attached hydrogens (primary N) is 1. The number of anilines is 1. The summed E-state index contributed by atoms with van der Waals surface area (Å²) in [7, 11) is 0.